The number of aryl methyl sites for hydroxylation is 1. The van der Waals surface area contributed by atoms with Crippen LogP contribution in [0.3, 0.4) is 0 Å². The molecular formula is C9H10N2S2. The van der Waals surface area contributed by atoms with E-state index in [0.717, 1.165) is 24.2 Å². The standard InChI is InChI=1S/C9H10N2S2/c1-2-3-9-11-8(5-13-9)7-4-12-6-10-7/h4-6H,2-3H2,1H3. The number of hydrogen-bond donors (Lipinski definition) is 0. The van der Waals surface area contributed by atoms with Gasteiger partial charge in [0.1, 0.15) is 11.4 Å². The number of rotatable bonds is 3. The molecule has 0 amide bonds. The number of hydrogen-bond acceptors (Lipinski definition) is 4. The summed E-state index contributed by atoms with van der Waals surface area (Å²) in [5.74, 6) is 0. The van der Waals surface area contributed by atoms with Gasteiger partial charge in [0.15, 0.2) is 0 Å². The average Bonchev–Trinajstić information content (AvgIpc) is 2.70. The maximum absolute atomic E-state index is 4.51. The molecule has 0 fully saturated rings. The molecule has 0 saturated carbocycles. The molecule has 0 saturated heterocycles. The van der Waals surface area contributed by atoms with Crippen LogP contribution in [0.25, 0.3) is 11.4 Å². The van der Waals surface area contributed by atoms with Gasteiger partial charge in [0.05, 0.1) is 10.5 Å². The highest BCUT2D eigenvalue weighted by Gasteiger charge is 2.04. The summed E-state index contributed by atoms with van der Waals surface area (Å²) in [6, 6.07) is 0. The van der Waals surface area contributed by atoms with Crippen LogP contribution in [-0.2, 0) is 6.42 Å². The molecule has 2 heterocycles. The first-order chi connectivity index (χ1) is 6.40. The van der Waals surface area contributed by atoms with Crippen LogP contribution >= 0.6 is 22.7 Å². The van der Waals surface area contributed by atoms with E-state index >= 15 is 0 Å². The quantitative estimate of drug-likeness (QED) is 0.777. The minimum Gasteiger partial charge on any atom is -0.243 e. The summed E-state index contributed by atoms with van der Waals surface area (Å²) in [5.41, 5.74) is 3.87. The highest BCUT2D eigenvalue weighted by atomic mass is 32.1. The average molecular weight is 210 g/mol. The van der Waals surface area contributed by atoms with Gasteiger partial charge in [-0.2, -0.15) is 0 Å². The van der Waals surface area contributed by atoms with Gasteiger partial charge in [-0.05, 0) is 12.8 Å². The van der Waals surface area contributed by atoms with Gasteiger partial charge >= 0.3 is 0 Å². The number of aromatic nitrogens is 2. The lowest BCUT2D eigenvalue weighted by Crippen LogP contribution is -1.81. The topological polar surface area (TPSA) is 25.8 Å². The van der Waals surface area contributed by atoms with E-state index in [9.17, 15) is 0 Å². The lowest BCUT2D eigenvalue weighted by molar-refractivity contribution is 0.909. The molecule has 0 aliphatic rings. The summed E-state index contributed by atoms with van der Waals surface area (Å²) < 4.78 is 0. The Balaban J connectivity index is 2.23. The van der Waals surface area contributed by atoms with Crippen LogP contribution in [-0.4, -0.2) is 9.97 Å². The van der Waals surface area contributed by atoms with E-state index in [1.54, 1.807) is 22.7 Å². The summed E-state index contributed by atoms with van der Waals surface area (Å²) in [6.45, 7) is 2.17. The van der Waals surface area contributed by atoms with Crippen molar-refractivity contribution >= 4 is 22.7 Å². The predicted molar refractivity (Wildman–Crippen MR) is 57.2 cm³/mol. The smallest absolute Gasteiger partial charge is 0.101 e. The van der Waals surface area contributed by atoms with Gasteiger partial charge in [0.25, 0.3) is 0 Å². The van der Waals surface area contributed by atoms with Gasteiger partial charge in [-0.1, -0.05) is 6.92 Å². The van der Waals surface area contributed by atoms with Crippen molar-refractivity contribution in [1.29, 1.82) is 0 Å². The second kappa shape index (κ2) is 3.98. The molecule has 4 heteroatoms. The first kappa shape index (κ1) is 8.84. The Morgan fingerprint density at radius 2 is 2.23 bits per heavy atom. The summed E-state index contributed by atoms with van der Waals surface area (Å²) in [4.78, 5) is 8.73. The minimum absolute atomic E-state index is 1.00. The van der Waals surface area contributed by atoms with E-state index < -0.39 is 0 Å². The van der Waals surface area contributed by atoms with Crippen LogP contribution in [0.1, 0.15) is 18.4 Å². The zero-order valence-corrected chi connectivity index (χ0v) is 8.99. The minimum atomic E-state index is 1.00. The van der Waals surface area contributed by atoms with Gasteiger partial charge in [-0.25, -0.2) is 9.97 Å². The molecule has 2 aromatic heterocycles. The summed E-state index contributed by atoms with van der Waals surface area (Å²) >= 11 is 3.34. The lowest BCUT2D eigenvalue weighted by atomic mass is 10.3. The van der Waals surface area contributed by atoms with Crippen LogP contribution in [0.2, 0.25) is 0 Å². The molecule has 2 nitrogen and oxygen atoms in total. The first-order valence-electron chi connectivity index (χ1n) is 4.23. The Kier molecular flexibility index (Phi) is 2.71. The van der Waals surface area contributed by atoms with Crippen molar-refractivity contribution in [2.24, 2.45) is 0 Å². The molecule has 0 atom stereocenters. The van der Waals surface area contributed by atoms with Crippen molar-refractivity contribution in [3.8, 4) is 11.4 Å². The SMILES string of the molecule is CCCc1nc(-c2cscn2)cs1. The molecule has 0 bridgehead atoms. The van der Waals surface area contributed by atoms with Crippen molar-refractivity contribution in [1.82, 2.24) is 9.97 Å². The third-order valence-electron chi connectivity index (χ3n) is 1.71. The predicted octanol–water partition coefficient (Wildman–Crippen LogP) is 3.22. The Morgan fingerprint density at radius 3 is 2.92 bits per heavy atom. The van der Waals surface area contributed by atoms with E-state index in [1.165, 1.54) is 5.01 Å². The molecule has 2 aromatic rings. The van der Waals surface area contributed by atoms with Crippen molar-refractivity contribution < 1.29 is 0 Å². The molecule has 68 valence electrons. The summed E-state index contributed by atoms with van der Waals surface area (Å²) in [6.07, 6.45) is 2.23. The van der Waals surface area contributed by atoms with Gasteiger partial charge in [0.2, 0.25) is 0 Å². The molecule has 0 radical (unpaired) electrons. The van der Waals surface area contributed by atoms with E-state index in [0.29, 0.717) is 0 Å². The molecule has 0 N–H and O–H groups in total. The number of nitrogens with zero attached hydrogens (tertiary/aromatic N) is 2. The molecule has 0 aliphatic carbocycles. The third kappa shape index (κ3) is 1.95. The Morgan fingerprint density at radius 1 is 1.31 bits per heavy atom. The Hall–Kier alpha value is -0.740. The van der Waals surface area contributed by atoms with E-state index in [2.05, 4.69) is 22.3 Å². The third-order valence-corrected chi connectivity index (χ3v) is 3.21. The van der Waals surface area contributed by atoms with Gasteiger partial charge < -0.3 is 0 Å². The van der Waals surface area contributed by atoms with Crippen LogP contribution < -0.4 is 0 Å². The Bertz CT molecular complexity index is 365. The zero-order valence-electron chi connectivity index (χ0n) is 7.36. The van der Waals surface area contributed by atoms with Crippen LogP contribution in [0.4, 0.5) is 0 Å². The largest absolute Gasteiger partial charge is 0.243 e. The normalized spacial score (nSPS) is 10.5. The highest BCUT2D eigenvalue weighted by molar-refractivity contribution is 7.10. The van der Waals surface area contributed by atoms with Gasteiger partial charge in [0, 0.05) is 10.8 Å². The fourth-order valence-electron chi connectivity index (χ4n) is 1.10. The second-order valence-corrected chi connectivity index (χ2v) is 4.41. The van der Waals surface area contributed by atoms with Crippen molar-refractivity contribution in [2.45, 2.75) is 19.8 Å². The second-order valence-electron chi connectivity index (χ2n) is 2.75. The van der Waals surface area contributed by atoms with Crippen LogP contribution in [0.15, 0.2) is 16.3 Å². The van der Waals surface area contributed by atoms with Gasteiger partial charge in [-0.15, -0.1) is 22.7 Å². The lowest BCUT2D eigenvalue weighted by Gasteiger charge is -1.88. The maximum atomic E-state index is 4.51. The Labute approximate surface area is 85.3 Å². The zero-order chi connectivity index (χ0) is 9.10. The van der Waals surface area contributed by atoms with Crippen molar-refractivity contribution in [3.05, 3.63) is 21.3 Å². The molecule has 0 aliphatic heterocycles. The fraction of sp³-hybridized carbons (Fsp3) is 0.333. The monoisotopic (exact) mass is 210 g/mol. The summed E-state index contributed by atoms with van der Waals surface area (Å²) in [7, 11) is 0. The van der Waals surface area contributed by atoms with Gasteiger partial charge in [-0.3, -0.25) is 0 Å². The molecule has 0 spiro atoms. The van der Waals surface area contributed by atoms with Crippen LogP contribution in [0.5, 0.6) is 0 Å². The summed E-state index contributed by atoms with van der Waals surface area (Å²) in [5, 5.41) is 5.33. The van der Waals surface area contributed by atoms with E-state index in [4.69, 9.17) is 0 Å². The highest BCUT2D eigenvalue weighted by Crippen LogP contribution is 2.21. The van der Waals surface area contributed by atoms with Crippen molar-refractivity contribution in [2.75, 3.05) is 0 Å². The molecule has 0 aromatic carbocycles. The molecule has 13 heavy (non-hydrogen) atoms. The van der Waals surface area contributed by atoms with E-state index in [-0.39, 0.29) is 0 Å². The fourth-order valence-corrected chi connectivity index (χ4v) is 2.54. The number of thiazole rings is 2. The molecule has 2 rings (SSSR count). The van der Waals surface area contributed by atoms with Crippen LogP contribution in [0, 0.1) is 0 Å². The first-order valence-corrected chi connectivity index (χ1v) is 6.05. The molecular weight excluding hydrogens is 200 g/mol. The molecule has 0 unspecified atom stereocenters. The maximum Gasteiger partial charge on any atom is 0.101 e. The van der Waals surface area contributed by atoms with E-state index in [1.807, 2.05) is 10.9 Å². The van der Waals surface area contributed by atoms with Crippen molar-refractivity contribution in [3.63, 3.8) is 0 Å².